The van der Waals surface area contributed by atoms with Crippen molar-refractivity contribution >= 4 is 21.6 Å². The molecule has 0 atom stereocenters. The molecule has 31 heavy (non-hydrogen) atoms. The van der Waals surface area contributed by atoms with Crippen LogP contribution in [-0.2, 0) is 14.8 Å². The number of sulfonamides is 1. The number of nitrogens with zero attached hydrogens (tertiary/aromatic N) is 3. The number of anilines is 1. The zero-order valence-electron chi connectivity index (χ0n) is 18.7. The number of methoxy groups -OCH3 is 1. The molecular formula is C23H31N3O4S. The summed E-state index contributed by atoms with van der Waals surface area (Å²) in [5, 5.41) is 0. The fourth-order valence-corrected chi connectivity index (χ4v) is 5.46. The van der Waals surface area contributed by atoms with Crippen LogP contribution in [0.1, 0.15) is 18.1 Å². The van der Waals surface area contributed by atoms with E-state index in [2.05, 4.69) is 4.90 Å². The number of aryl methyl sites for hydroxylation is 2. The van der Waals surface area contributed by atoms with Crippen molar-refractivity contribution in [3.63, 3.8) is 0 Å². The number of carbonyl (C=O) groups is 1. The van der Waals surface area contributed by atoms with Crippen LogP contribution in [0.5, 0.6) is 5.75 Å². The minimum atomic E-state index is -3.73. The molecule has 0 aliphatic carbocycles. The van der Waals surface area contributed by atoms with E-state index in [1.807, 2.05) is 37.3 Å². The Kier molecular flexibility index (Phi) is 7.23. The summed E-state index contributed by atoms with van der Waals surface area (Å²) in [6, 6.07) is 13.2. The Morgan fingerprint density at radius 3 is 2.26 bits per heavy atom. The highest BCUT2D eigenvalue weighted by atomic mass is 32.2. The summed E-state index contributed by atoms with van der Waals surface area (Å²) in [5.41, 5.74) is 2.64. The number of carbonyl (C=O) groups excluding carboxylic acids is 1. The molecule has 2 aromatic rings. The van der Waals surface area contributed by atoms with E-state index in [1.54, 1.807) is 38.0 Å². The monoisotopic (exact) mass is 445 g/mol. The third kappa shape index (κ3) is 5.19. The molecule has 2 aromatic carbocycles. The number of hydrogen-bond acceptors (Lipinski definition) is 5. The summed E-state index contributed by atoms with van der Waals surface area (Å²) in [6.45, 7) is 8.03. The number of rotatable bonds is 7. The van der Waals surface area contributed by atoms with Crippen molar-refractivity contribution in [2.24, 2.45) is 0 Å². The SMILES string of the molecule is CCN(CC(=O)N1CCN(c2ccc(OC)cc2)CC1)S(=O)(=O)c1cc(C)ccc1C. The van der Waals surface area contributed by atoms with Gasteiger partial charge in [0.1, 0.15) is 5.75 Å². The lowest BCUT2D eigenvalue weighted by molar-refractivity contribution is -0.131. The molecule has 0 radical (unpaired) electrons. The van der Waals surface area contributed by atoms with Crippen LogP contribution in [0, 0.1) is 13.8 Å². The molecule has 168 valence electrons. The van der Waals surface area contributed by atoms with Gasteiger partial charge in [-0.1, -0.05) is 19.1 Å². The van der Waals surface area contributed by atoms with Gasteiger partial charge in [-0.25, -0.2) is 8.42 Å². The van der Waals surface area contributed by atoms with E-state index in [4.69, 9.17) is 4.74 Å². The Balaban J connectivity index is 1.64. The van der Waals surface area contributed by atoms with Crippen LogP contribution in [0.2, 0.25) is 0 Å². The standard InChI is InChI=1S/C23H31N3O4S/c1-5-26(31(28,29)22-16-18(2)6-7-19(22)3)17-23(27)25-14-12-24(13-15-25)20-8-10-21(30-4)11-9-20/h6-11,16H,5,12-15,17H2,1-4H3. The third-order valence-corrected chi connectivity index (χ3v) is 7.76. The molecule has 0 spiro atoms. The average molecular weight is 446 g/mol. The Morgan fingerprint density at radius 1 is 1.03 bits per heavy atom. The number of ether oxygens (including phenoxy) is 1. The number of likely N-dealkylation sites (N-methyl/N-ethyl adjacent to an activating group) is 1. The van der Waals surface area contributed by atoms with Gasteiger partial charge in [-0.15, -0.1) is 0 Å². The summed E-state index contributed by atoms with van der Waals surface area (Å²) >= 11 is 0. The maximum Gasteiger partial charge on any atom is 0.243 e. The highest BCUT2D eigenvalue weighted by Gasteiger charge is 2.29. The minimum absolute atomic E-state index is 0.144. The maximum absolute atomic E-state index is 13.2. The van der Waals surface area contributed by atoms with E-state index in [0.29, 0.717) is 31.7 Å². The summed E-state index contributed by atoms with van der Waals surface area (Å²) in [6.07, 6.45) is 0. The van der Waals surface area contributed by atoms with Gasteiger partial charge in [0.2, 0.25) is 15.9 Å². The van der Waals surface area contributed by atoms with E-state index < -0.39 is 10.0 Å². The third-order valence-electron chi connectivity index (χ3n) is 5.70. The molecule has 0 N–H and O–H groups in total. The second-order valence-electron chi connectivity index (χ2n) is 7.77. The topological polar surface area (TPSA) is 70.2 Å². The molecular weight excluding hydrogens is 414 g/mol. The zero-order chi connectivity index (χ0) is 22.6. The first kappa shape index (κ1) is 23.1. The molecule has 1 amide bonds. The van der Waals surface area contributed by atoms with E-state index in [1.165, 1.54) is 4.31 Å². The molecule has 0 saturated carbocycles. The summed E-state index contributed by atoms with van der Waals surface area (Å²) in [7, 11) is -2.10. The van der Waals surface area contributed by atoms with Crippen molar-refractivity contribution in [3.05, 3.63) is 53.6 Å². The first-order valence-corrected chi connectivity index (χ1v) is 11.9. The van der Waals surface area contributed by atoms with Gasteiger partial charge in [-0.05, 0) is 55.3 Å². The highest BCUT2D eigenvalue weighted by Crippen LogP contribution is 2.23. The van der Waals surface area contributed by atoms with Gasteiger partial charge in [0.25, 0.3) is 0 Å². The van der Waals surface area contributed by atoms with E-state index in [9.17, 15) is 13.2 Å². The first-order valence-electron chi connectivity index (χ1n) is 10.5. The molecule has 0 bridgehead atoms. The number of amides is 1. The molecule has 1 aliphatic heterocycles. The number of benzene rings is 2. The fourth-order valence-electron chi connectivity index (χ4n) is 3.75. The first-order chi connectivity index (χ1) is 14.8. The zero-order valence-corrected chi connectivity index (χ0v) is 19.5. The van der Waals surface area contributed by atoms with Gasteiger partial charge >= 0.3 is 0 Å². The van der Waals surface area contributed by atoms with Crippen LogP contribution in [0.3, 0.4) is 0 Å². The normalized spacial score (nSPS) is 14.7. The van der Waals surface area contributed by atoms with Gasteiger partial charge in [0, 0.05) is 38.4 Å². The van der Waals surface area contributed by atoms with Crippen LogP contribution in [-0.4, -0.2) is 69.9 Å². The molecule has 0 aromatic heterocycles. The van der Waals surface area contributed by atoms with Gasteiger partial charge in [0.05, 0.1) is 18.6 Å². The van der Waals surface area contributed by atoms with Gasteiger partial charge in [-0.3, -0.25) is 4.79 Å². The second-order valence-corrected chi connectivity index (χ2v) is 9.67. The molecule has 7 nitrogen and oxygen atoms in total. The summed E-state index contributed by atoms with van der Waals surface area (Å²) in [5.74, 6) is 0.646. The van der Waals surface area contributed by atoms with Gasteiger partial charge in [-0.2, -0.15) is 4.31 Å². The maximum atomic E-state index is 13.2. The quantitative estimate of drug-likeness (QED) is 0.655. The molecule has 1 saturated heterocycles. The summed E-state index contributed by atoms with van der Waals surface area (Å²) in [4.78, 5) is 17.1. The van der Waals surface area contributed by atoms with Crippen LogP contribution in [0.15, 0.2) is 47.4 Å². The van der Waals surface area contributed by atoms with Crippen molar-refractivity contribution in [2.75, 3.05) is 51.3 Å². The van der Waals surface area contributed by atoms with Crippen molar-refractivity contribution in [1.82, 2.24) is 9.21 Å². The molecule has 1 heterocycles. The smallest absolute Gasteiger partial charge is 0.243 e. The Labute approximate surface area is 185 Å². The average Bonchev–Trinajstić information content (AvgIpc) is 2.78. The van der Waals surface area contributed by atoms with Crippen molar-refractivity contribution in [2.45, 2.75) is 25.7 Å². The molecule has 8 heteroatoms. The predicted molar refractivity (Wildman–Crippen MR) is 122 cm³/mol. The lowest BCUT2D eigenvalue weighted by atomic mass is 10.2. The van der Waals surface area contributed by atoms with Gasteiger partial charge < -0.3 is 14.5 Å². The lowest BCUT2D eigenvalue weighted by Gasteiger charge is -2.37. The molecule has 1 fully saturated rings. The van der Waals surface area contributed by atoms with Crippen molar-refractivity contribution in [3.8, 4) is 5.75 Å². The van der Waals surface area contributed by atoms with Crippen molar-refractivity contribution in [1.29, 1.82) is 0 Å². The van der Waals surface area contributed by atoms with E-state index >= 15 is 0 Å². The summed E-state index contributed by atoms with van der Waals surface area (Å²) < 4.78 is 32.8. The predicted octanol–water partition coefficient (Wildman–Crippen LogP) is 2.67. The van der Waals surface area contributed by atoms with Crippen LogP contribution < -0.4 is 9.64 Å². The highest BCUT2D eigenvalue weighted by molar-refractivity contribution is 7.89. The lowest BCUT2D eigenvalue weighted by Crippen LogP contribution is -2.51. The van der Waals surface area contributed by atoms with Crippen LogP contribution in [0.4, 0.5) is 5.69 Å². The Hall–Kier alpha value is -2.58. The van der Waals surface area contributed by atoms with E-state index in [-0.39, 0.29) is 23.9 Å². The van der Waals surface area contributed by atoms with Crippen LogP contribution in [0.25, 0.3) is 0 Å². The Bertz CT molecular complexity index is 1010. The van der Waals surface area contributed by atoms with Gasteiger partial charge in [0.15, 0.2) is 0 Å². The molecule has 1 aliphatic rings. The van der Waals surface area contributed by atoms with E-state index in [0.717, 1.165) is 17.0 Å². The fraction of sp³-hybridized carbons (Fsp3) is 0.435. The number of hydrogen-bond donors (Lipinski definition) is 0. The largest absolute Gasteiger partial charge is 0.497 e. The minimum Gasteiger partial charge on any atom is -0.497 e. The van der Waals surface area contributed by atoms with Crippen LogP contribution >= 0.6 is 0 Å². The number of piperazine rings is 1. The second kappa shape index (κ2) is 9.70. The van der Waals surface area contributed by atoms with Crippen molar-refractivity contribution < 1.29 is 17.9 Å². The molecule has 3 rings (SSSR count). The Morgan fingerprint density at radius 2 is 1.68 bits per heavy atom. The molecule has 0 unspecified atom stereocenters.